The summed E-state index contributed by atoms with van der Waals surface area (Å²) in [5.41, 5.74) is 0.988. The predicted molar refractivity (Wildman–Crippen MR) is 67.2 cm³/mol. The average Bonchev–Trinajstić information content (AvgIpc) is 2.29. The summed E-state index contributed by atoms with van der Waals surface area (Å²) in [6, 6.07) is 4.76. The first-order valence-corrected chi connectivity index (χ1v) is 6.08. The summed E-state index contributed by atoms with van der Waals surface area (Å²) >= 11 is 0. The van der Waals surface area contributed by atoms with Crippen molar-refractivity contribution in [2.45, 2.75) is 20.0 Å². The highest BCUT2D eigenvalue weighted by molar-refractivity contribution is 5.59. The van der Waals surface area contributed by atoms with E-state index in [1.807, 2.05) is 13.8 Å². The predicted octanol–water partition coefficient (Wildman–Crippen LogP) is 2.02. The molecule has 1 aromatic rings. The number of nitrogens with zero attached hydrogens (tertiary/aromatic N) is 1. The van der Waals surface area contributed by atoms with E-state index >= 15 is 0 Å². The van der Waals surface area contributed by atoms with E-state index in [9.17, 15) is 4.39 Å². The van der Waals surface area contributed by atoms with Gasteiger partial charge >= 0.3 is 0 Å². The Hall–Kier alpha value is -1.29. The van der Waals surface area contributed by atoms with Crippen molar-refractivity contribution in [3.8, 4) is 5.75 Å². The normalized spacial score (nSPS) is 16.4. The van der Waals surface area contributed by atoms with Crippen LogP contribution in [0.4, 0.5) is 10.1 Å². The van der Waals surface area contributed by atoms with Gasteiger partial charge in [-0.25, -0.2) is 4.39 Å². The Morgan fingerprint density at radius 2 is 2.00 bits per heavy atom. The molecule has 94 valence electrons. The van der Waals surface area contributed by atoms with Gasteiger partial charge in [0.05, 0.1) is 11.8 Å². The minimum atomic E-state index is -0.250. The Balaban J connectivity index is 2.24. The number of anilines is 1. The highest BCUT2D eigenvalue weighted by Gasteiger charge is 2.16. The van der Waals surface area contributed by atoms with Crippen LogP contribution in [0.25, 0.3) is 0 Å². The topological polar surface area (TPSA) is 24.5 Å². The van der Waals surface area contributed by atoms with E-state index in [1.165, 1.54) is 12.1 Å². The van der Waals surface area contributed by atoms with Crippen molar-refractivity contribution in [2.75, 3.05) is 31.1 Å². The Labute approximate surface area is 102 Å². The number of rotatable bonds is 3. The molecule has 0 spiro atoms. The molecule has 17 heavy (non-hydrogen) atoms. The SMILES string of the molecule is CC(C)Oc1cc(F)ccc1N1CCNCC1. The zero-order chi connectivity index (χ0) is 12.3. The Kier molecular flexibility index (Phi) is 3.84. The van der Waals surface area contributed by atoms with E-state index in [4.69, 9.17) is 4.74 Å². The van der Waals surface area contributed by atoms with Crippen LogP contribution in [0.5, 0.6) is 5.75 Å². The minimum Gasteiger partial charge on any atom is -0.489 e. The van der Waals surface area contributed by atoms with Gasteiger partial charge in [0.1, 0.15) is 11.6 Å². The molecule has 1 saturated heterocycles. The molecule has 0 saturated carbocycles. The molecule has 1 heterocycles. The van der Waals surface area contributed by atoms with Gasteiger partial charge in [-0.1, -0.05) is 0 Å². The maximum absolute atomic E-state index is 13.3. The van der Waals surface area contributed by atoms with Gasteiger partial charge in [-0.05, 0) is 26.0 Å². The second-order valence-corrected chi connectivity index (χ2v) is 4.52. The van der Waals surface area contributed by atoms with Crippen LogP contribution >= 0.6 is 0 Å². The van der Waals surface area contributed by atoms with Crippen LogP contribution in [0.2, 0.25) is 0 Å². The van der Waals surface area contributed by atoms with Crippen LogP contribution in [0.1, 0.15) is 13.8 Å². The zero-order valence-corrected chi connectivity index (χ0v) is 10.4. The maximum atomic E-state index is 13.3. The summed E-state index contributed by atoms with van der Waals surface area (Å²) in [4.78, 5) is 2.23. The number of ether oxygens (including phenoxy) is 1. The van der Waals surface area contributed by atoms with Gasteiger partial charge in [0, 0.05) is 32.2 Å². The Bertz CT molecular complexity index is 376. The van der Waals surface area contributed by atoms with Gasteiger partial charge in [-0.2, -0.15) is 0 Å². The van der Waals surface area contributed by atoms with E-state index in [2.05, 4.69) is 10.2 Å². The second kappa shape index (κ2) is 5.36. The number of piperazine rings is 1. The third-order valence-corrected chi connectivity index (χ3v) is 2.74. The van der Waals surface area contributed by atoms with E-state index < -0.39 is 0 Å². The lowest BCUT2D eigenvalue weighted by Crippen LogP contribution is -2.43. The lowest BCUT2D eigenvalue weighted by Gasteiger charge is -2.31. The highest BCUT2D eigenvalue weighted by Crippen LogP contribution is 2.30. The fourth-order valence-corrected chi connectivity index (χ4v) is 2.00. The van der Waals surface area contributed by atoms with Crippen LogP contribution in [0.15, 0.2) is 18.2 Å². The van der Waals surface area contributed by atoms with Gasteiger partial charge in [0.2, 0.25) is 0 Å². The first-order chi connectivity index (χ1) is 8.16. The zero-order valence-electron chi connectivity index (χ0n) is 10.4. The molecule has 2 rings (SSSR count). The Morgan fingerprint density at radius 3 is 2.65 bits per heavy atom. The molecule has 0 bridgehead atoms. The molecule has 0 radical (unpaired) electrons. The van der Waals surface area contributed by atoms with Crippen LogP contribution in [0, 0.1) is 5.82 Å². The second-order valence-electron chi connectivity index (χ2n) is 4.52. The van der Waals surface area contributed by atoms with E-state index in [-0.39, 0.29) is 11.9 Å². The van der Waals surface area contributed by atoms with Gasteiger partial charge in [-0.15, -0.1) is 0 Å². The van der Waals surface area contributed by atoms with Crippen molar-refractivity contribution in [3.63, 3.8) is 0 Å². The lowest BCUT2D eigenvalue weighted by atomic mass is 10.2. The summed E-state index contributed by atoms with van der Waals surface area (Å²) in [7, 11) is 0. The molecule has 1 aliphatic rings. The molecule has 0 unspecified atom stereocenters. The number of halogens is 1. The molecule has 1 N–H and O–H groups in total. The maximum Gasteiger partial charge on any atom is 0.145 e. The van der Waals surface area contributed by atoms with Crippen LogP contribution in [0.3, 0.4) is 0 Å². The molecule has 4 heteroatoms. The summed E-state index contributed by atoms with van der Waals surface area (Å²) in [6.07, 6.45) is 0.0541. The molecule has 1 fully saturated rings. The first kappa shape index (κ1) is 12.2. The van der Waals surface area contributed by atoms with Gasteiger partial charge in [0.25, 0.3) is 0 Å². The average molecular weight is 238 g/mol. The van der Waals surface area contributed by atoms with Crippen LogP contribution in [-0.2, 0) is 0 Å². The third-order valence-electron chi connectivity index (χ3n) is 2.74. The molecular weight excluding hydrogens is 219 g/mol. The molecule has 0 aliphatic carbocycles. The lowest BCUT2D eigenvalue weighted by molar-refractivity contribution is 0.241. The summed E-state index contributed by atoms with van der Waals surface area (Å²) in [6.45, 7) is 7.68. The van der Waals surface area contributed by atoms with Crippen LogP contribution < -0.4 is 15.0 Å². The summed E-state index contributed by atoms with van der Waals surface area (Å²) in [5.74, 6) is 0.390. The summed E-state index contributed by atoms with van der Waals surface area (Å²) in [5, 5.41) is 3.30. The van der Waals surface area contributed by atoms with Gasteiger partial charge in [0.15, 0.2) is 0 Å². The van der Waals surface area contributed by atoms with E-state index in [1.54, 1.807) is 6.07 Å². The standard InChI is InChI=1S/C13H19FN2O/c1-10(2)17-13-9-11(14)3-4-12(13)16-7-5-15-6-8-16/h3-4,9-10,15H,5-8H2,1-2H3. The van der Waals surface area contributed by atoms with E-state index in [0.29, 0.717) is 5.75 Å². The number of hydrogen-bond donors (Lipinski definition) is 1. The molecule has 1 aromatic carbocycles. The molecule has 0 amide bonds. The smallest absolute Gasteiger partial charge is 0.145 e. The molecule has 0 aromatic heterocycles. The third kappa shape index (κ3) is 3.09. The summed E-state index contributed by atoms with van der Waals surface area (Å²) < 4.78 is 18.9. The van der Waals surface area contributed by atoms with Crippen molar-refractivity contribution in [1.29, 1.82) is 0 Å². The van der Waals surface area contributed by atoms with Crippen molar-refractivity contribution in [2.24, 2.45) is 0 Å². The molecule has 0 atom stereocenters. The van der Waals surface area contributed by atoms with Gasteiger partial charge in [-0.3, -0.25) is 0 Å². The largest absolute Gasteiger partial charge is 0.489 e. The number of nitrogens with one attached hydrogen (secondary N) is 1. The molecule has 3 nitrogen and oxygen atoms in total. The van der Waals surface area contributed by atoms with Crippen molar-refractivity contribution in [1.82, 2.24) is 5.32 Å². The van der Waals surface area contributed by atoms with Crippen LogP contribution in [-0.4, -0.2) is 32.3 Å². The number of benzene rings is 1. The van der Waals surface area contributed by atoms with Crippen molar-refractivity contribution in [3.05, 3.63) is 24.0 Å². The highest BCUT2D eigenvalue weighted by atomic mass is 19.1. The molecule has 1 aliphatic heterocycles. The van der Waals surface area contributed by atoms with Crippen molar-refractivity contribution >= 4 is 5.69 Å². The minimum absolute atomic E-state index is 0.0541. The van der Waals surface area contributed by atoms with Crippen molar-refractivity contribution < 1.29 is 9.13 Å². The number of hydrogen-bond acceptors (Lipinski definition) is 3. The quantitative estimate of drug-likeness (QED) is 0.872. The fraction of sp³-hybridized carbons (Fsp3) is 0.538. The monoisotopic (exact) mass is 238 g/mol. The first-order valence-electron chi connectivity index (χ1n) is 6.08. The van der Waals surface area contributed by atoms with Gasteiger partial charge < -0.3 is 15.0 Å². The Morgan fingerprint density at radius 1 is 1.29 bits per heavy atom. The van der Waals surface area contributed by atoms with E-state index in [0.717, 1.165) is 31.9 Å². The fourth-order valence-electron chi connectivity index (χ4n) is 2.00. The molecular formula is C13H19FN2O.